The highest BCUT2D eigenvalue weighted by molar-refractivity contribution is 6.19. The first-order chi connectivity index (χ1) is 7.54. The van der Waals surface area contributed by atoms with Gasteiger partial charge in [-0.2, -0.15) is 4.57 Å². The van der Waals surface area contributed by atoms with Gasteiger partial charge in [-0.1, -0.05) is 6.58 Å². The Morgan fingerprint density at radius 3 is 2.38 bits per heavy atom. The van der Waals surface area contributed by atoms with Crippen LogP contribution in [0.25, 0.3) is 5.57 Å². The van der Waals surface area contributed by atoms with E-state index in [0.717, 1.165) is 0 Å². The van der Waals surface area contributed by atoms with Crippen molar-refractivity contribution in [2.45, 2.75) is 13.5 Å². The lowest BCUT2D eigenvalue weighted by molar-refractivity contribution is -0.685. The number of carboxylic acids is 1. The predicted molar refractivity (Wildman–Crippen MR) is 57.5 cm³/mol. The Bertz CT molecular complexity index is 468. The highest BCUT2D eigenvalue weighted by Gasteiger charge is 2.10. The summed E-state index contributed by atoms with van der Waals surface area (Å²) in [6.45, 7) is 4.78. The van der Waals surface area contributed by atoms with Crippen LogP contribution in [0.5, 0.6) is 0 Å². The second-order valence-corrected chi connectivity index (χ2v) is 3.26. The Kier molecular flexibility index (Phi) is 3.75. The fourth-order valence-corrected chi connectivity index (χ4v) is 1.32. The molecule has 0 saturated heterocycles. The zero-order chi connectivity index (χ0) is 12.1. The minimum atomic E-state index is -0.913. The molecule has 0 bridgehead atoms. The van der Waals surface area contributed by atoms with Crippen molar-refractivity contribution in [2.75, 3.05) is 0 Å². The third-order valence-corrected chi connectivity index (χ3v) is 2.03. The molecule has 0 aliphatic rings. The van der Waals surface area contributed by atoms with Crippen LogP contribution in [0, 0.1) is 0 Å². The third-order valence-electron chi connectivity index (χ3n) is 2.03. The van der Waals surface area contributed by atoms with Crippen LogP contribution in [0.4, 0.5) is 0 Å². The van der Waals surface area contributed by atoms with Crippen LogP contribution in [-0.2, 0) is 16.1 Å². The highest BCUT2D eigenvalue weighted by Crippen LogP contribution is 2.11. The van der Waals surface area contributed by atoms with E-state index in [1.165, 1.54) is 11.5 Å². The topological polar surface area (TPSA) is 58.2 Å². The van der Waals surface area contributed by atoms with Crippen LogP contribution in [-0.4, -0.2) is 16.9 Å². The summed E-state index contributed by atoms with van der Waals surface area (Å²) in [5, 5.41) is 8.58. The Labute approximate surface area is 93.2 Å². The molecule has 16 heavy (non-hydrogen) atoms. The van der Waals surface area contributed by atoms with Gasteiger partial charge in [0, 0.05) is 17.7 Å². The molecule has 0 radical (unpaired) electrons. The summed E-state index contributed by atoms with van der Waals surface area (Å²) < 4.78 is 1.51. The minimum Gasteiger partial charge on any atom is -0.477 e. The molecule has 0 unspecified atom stereocenters. The molecule has 0 aromatic carbocycles. The summed E-state index contributed by atoms with van der Waals surface area (Å²) in [5.74, 6) is -1.03. The van der Waals surface area contributed by atoms with Crippen LogP contribution >= 0.6 is 0 Å². The molecule has 0 aliphatic carbocycles. The Balaban J connectivity index is 2.99. The maximum absolute atomic E-state index is 11.2. The molecule has 1 N–H and O–H groups in total. The average Bonchev–Trinajstić information content (AvgIpc) is 2.20. The number of hydrogen-bond acceptors (Lipinski definition) is 2. The third kappa shape index (κ3) is 2.90. The second-order valence-electron chi connectivity index (χ2n) is 3.26. The second kappa shape index (κ2) is 5.05. The standard InChI is InChI=1S/C12H11NO3/c1-3-11(9(2)14)10-4-6-13(7-5-10)8-12(15)16/h4-7H,1,8H2,2H3/p+1. The molecule has 1 aromatic rings. The number of rotatable bonds is 4. The quantitative estimate of drug-likeness (QED) is 0.462. The monoisotopic (exact) mass is 218 g/mol. The van der Waals surface area contributed by atoms with E-state index < -0.39 is 5.97 Å². The van der Waals surface area contributed by atoms with Gasteiger partial charge in [0.15, 0.2) is 18.2 Å². The number of Topliss-reactive ketones (excluding diaryl/α,β-unsaturated/α-hetero) is 1. The lowest BCUT2D eigenvalue weighted by Gasteiger charge is -1.99. The molecule has 1 rings (SSSR count). The number of pyridine rings is 1. The van der Waals surface area contributed by atoms with Crippen molar-refractivity contribution in [3.63, 3.8) is 0 Å². The first kappa shape index (κ1) is 11.9. The number of aliphatic carboxylic acids is 1. The van der Waals surface area contributed by atoms with Gasteiger partial charge >= 0.3 is 5.97 Å². The van der Waals surface area contributed by atoms with E-state index in [9.17, 15) is 9.59 Å². The Morgan fingerprint density at radius 1 is 1.44 bits per heavy atom. The molecule has 0 aliphatic heterocycles. The smallest absolute Gasteiger partial charge is 0.370 e. The summed E-state index contributed by atoms with van der Waals surface area (Å²) >= 11 is 0. The number of carboxylic acid groups (broad SMARTS) is 1. The fraction of sp³-hybridized carbons (Fsp3) is 0.167. The molecule has 1 heterocycles. The van der Waals surface area contributed by atoms with Gasteiger partial charge in [0.05, 0.1) is 5.57 Å². The zero-order valence-corrected chi connectivity index (χ0v) is 8.93. The molecule has 0 saturated carbocycles. The number of allylic oxidation sites excluding steroid dienone is 1. The lowest BCUT2D eigenvalue weighted by Crippen LogP contribution is -2.36. The molecule has 4 heteroatoms. The van der Waals surface area contributed by atoms with Gasteiger partial charge in [0.1, 0.15) is 0 Å². The van der Waals surface area contributed by atoms with Crippen molar-refractivity contribution in [1.82, 2.24) is 0 Å². The SMILES string of the molecule is C=C=C(C(C)=O)c1cc[n+](CC(=O)O)cc1. The first-order valence-corrected chi connectivity index (χ1v) is 4.67. The van der Waals surface area contributed by atoms with E-state index in [1.54, 1.807) is 24.5 Å². The number of nitrogens with zero attached hydrogens (tertiary/aromatic N) is 1. The Morgan fingerprint density at radius 2 is 2.00 bits per heavy atom. The largest absolute Gasteiger partial charge is 0.477 e. The summed E-state index contributed by atoms with van der Waals surface area (Å²) in [7, 11) is 0. The normalized spacial score (nSPS) is 9.31. The van der Waals surface area contributed by atoms with Gasteiger partial charge in [0.2, 0.25) is 6.54 Å². The van der Waals surface area contributed by atoms with Crippen molar-refractivity contribution < 1.29 is 19.3 Å². The average molecular weight is 218 g/mol. The van der Waals surface area contributed by atoms with E-state index in [0.29, 0.717) is 11.1 Å². The summed E-state index contributed by atoms with van der Waals surface area (Å²) in [4.78, 5) is 21.6. The van der Waals surface area contributed by atoms with Crippen LogP contribution in [0.2, 0.25) is 0 Å². The number of ketones is 1. The number of carbonyl (C=O) groups is 2. The maximum atomic E-state index is 11.2. The van der Waals surface area contributed by atoms with Crippen molar-refractivity contribution in [2.24, 2.45) is 0 Å². The fourth-order valence-electron chi connectivity index (χ4n) is 1.32. The van der Waals surface area contributed by atoms with Crippen molar-refractivity contribution >= 4 is 17.3 Å². The van der Waals surface area contributed by atoms with Crippen molar-refractivity contribution in [3.8, 4) is 0 Å². The van der Waals surface area contributed by atoms with Crippen LogP contribution in [0.15, 0.2) is 36.8 Å². The van der Waals surface area contributed by atoms with Gasteiger partial charge in [-0.15, -0.1) is 5.73 Å². The summed E-state index contributed by atoms with van der Waals surface area (Å²) in [6, 6.07) is 3.33. The van der Waals surface area contributed by atoms with E-state index in [1.807, 2.05) is 0 Å². The molecule has 0 spiro atoms. The van der Waals surface area contributed by atoms with E-state index in [4.69, 9.17) is 5.11 Å². The van der Waals surface area contributed by atoms with Crippen LogP contribution < -0.4 is 4.57 Å². The molecule has 0 fully saturated rings. The minimum absolute atomic E-state index is 0.104. The molecule has 4 nitrogen and oxygen atoms in total. The zero-order valence-electron chi connectivity index (χ0n) is 8.93. The molecule has 0 atom stereocenters. The molecule has 0 amide bonds. The van der Waals surface area contributed by atoms with Gasteiger partial charge < -0.3 is 5.11 Å². The predicted octanol–water partition coefficient (Wildman–Crippen LogP) is 0.816. The summed E-state index contributed by atoms with van der Waals surface area (Å²) in [5.41, 5.74) is 3.66. The van der Waals surface area contributed by atoms with Gasteiger partial charge in [-0.25, -0.2) is 4.79 Å². The molecule has 82 valence electrons. The van der Waals surface area contributed by atoms with Crippen LogP contribution in [0.3, 0.4) is 0 Å². The number of aromatic nitrogens is 1. The van der Waals surface area contributed by atoms with E-state index in [2.05, 4.69) is 12.3 Å². The van der Waals surface area contributed by atoms with Crippen molar-refractivity contribution in [1.29, 1.82) is 0 Å². The first-order valence-electron chi connectivity index (χ1n) is 4.67. The molecule has 1 aromatic heterocycles. The summed E-state index contributed by atoms with van der Waals surface area (Å²) in [6.07, 6.45) is 3.20. The molecular weight excluding hydrogens is 206 g/mol. The lowest BCUT2D eigenvalue weighted by atomic mass is 10.1. The van der Waals surface area contributed by atoms with E-state index >= 15 is 0 Å². The van der Waals surface area contributed by atoms with Gasteiger partial charge in [-0.3, -0.25) is 4.79 Å². The molecular formula is C12H12NO3+. The van der Waals surface area contributed by atoms with Gasteiger partial charge in [-0.05, 0) is 6.92 Å². The van der Waals surface area contributed by atoms with E-state index in [-0.39, 0.29) is 12.3 Å². The highest BCUT2D eigenvalue weighted by atomic mass is 16.4. The van der Waals surface area contributed by atoms with Gasteiger partial charge in [0.25, 0.3) is 0 Å². The van der Waals surface area contributed by atoms with Crippen LogP contribution in [0.1, 0.15) is 12.5 Å². The Hall–Kier alpha value is -2.19. The number of carbonyl (C=O) groups excluding carboxylic acids is 1. The van der Waals surface area contributed by atoms with Crippen molar-refractivity contribution in [3.05, 3.63) is 42.4 Å². The number of hydrogen-bond donors (Lipinski definition) is 1. The maximum Gasteiger partial charge on any atom is 0.370 e.